The van der Waals surface area contributed by atoms with Gasteiger partial charge in [0.15, 0.2) is 17.6 Å². The summed E-state index contributed by atoms with van der Waals surface area (Å²) in [5, 5.41) is 7.29. The van der Waals surface area contributed by atoms with Crippen LogP contribution >= 0.6 is 0 Å². The first-order chi connectivity index (χ1) is 10.3. The predicted octanol–water partition coefficient (Wildman–Crippen LogP) is 2.30. The molecule has 1 N–H and O–H groups in total. The van der Waals surface area contributed by atoms with Gasteiger partial charge < -0.3 is 19.3 Å². The Kier molecular flexibility index (Phi) is 4.06. The average molecular weight is 289 g/mol. The van der Waals surface area contributed by atoms with E-state index in [0.717, 1.165) is 18.8 Å². The lowest BCUT2D eigenvalue weighted by atomic mass is 10.2. The van der Waals surface area contributed by atoms with Crippen LogP contribution in [0.1, 0.15) is 37.6 Å². The predicted molar refractivity (Wildman–Crippen MR) is 76.6 cm³/mol. The fraction of sp³-hybridized carbons (Fsp3) is 0.467. The summed E-state index contributed by atoms with van der Waals surface area (Å²) in [4.78, 5) is 4.44. The fourth-order valence-corrected chi connectivity index (χ4v) is 2.17. The highest BCUT2D eigenvalue weighted by Crippen LogP contribution is 2.35. The molecular formula is C15H19N3O3. The number of aromatic nitrogens is 2. The van der Waals surface area contributed by atoms with Gasteiger partial charge in [-0.05, 0) is 18.7 Å². The quantitative estimate of drug-likeness (QED) is 0.910. The molecule has 1 aromatic heterocycles. The van der Waals surface area contributed by atoms with Crippen LogP contribution in [-0.2, 0) is 0 Å². The summed E-state index contributed by atoms with van der Waals surface area (Å²) in [6, 6.07) is 7.57. The maximum absolute atomic E-state index is 5.87. The summed E-state index contributed by atoms with van der Waals surface area (Å²) < 4.78 is 16.9. The molecule has 6 heteroatoms. The van der Waals surface area contributed by atoms with Gasteiger partial charge in [0, 0.05) is 12.5 Å². The molecule has 0 amide bonds. The van der Waals surface area contributed by atoms with E-state index in [1.54, 1.807) is 0 Å². The first-order valence-electron chi connectivity index (χ1n) is 7.20. The molecule has 1 aliphatic heterocycles. The van der Waals surface area contributed by atoms with Gasteiger partial charge in [-0.2, -0.15) is 4.98 Å². The second-order valence-corrected chi connectivity index (χ2v) is 5.06. The minimum Gasteiger partial charge on any atom is -0.485 e. The largest absolute Gasteiger partial charge is 0.485 e. The van der Waals surface area contributed by atoms with Crippen LogP contribution in [0, 0.1) is 0 Å². The van der Waals surface area contributed by atoms with Crippen LogP contribution in [0.2, 0.25) is 0 Å². The summed E-state index contributed by atoms with van der Waals surface area (Å²) in [5.74, 6) is 2.78. The molecule has 112 valence electrons. The second kappa shape index (κ2) is 6.13. The van der Waals surface area contributed by atoms with Gasteiger partial charge in [-0.1, -0.05) is 31.1 Å². The number of nitrogens with zero attached hydrogens (tertiary/aromatic N) is 2. The van der Waals surface area contributed by atoms with Crippen LogP contribution in [0.15, 0.2) is 28.8 Å². The van der Waals surface area contributed by atoms with Gasteiger partial charge >= 0.3 is 0 Å². The molecule has 0 saturated heterocycles. The van der Waals surface area contributed by atoms with Gasteiger partial charge in [0.25, 0.3) is 0 Å². The molecule has 0 bridgehead atoms. The van der Waals surface area contributed by atoms with Crippen LogP contribution in [0.5, 0.6) is 11.5 Å². The van der Waals surface area contributed by atoms with Crippen molar-refractivity contribution in [1.82, 2.24) is 15.5 Å². The number of para-hydroxylation sites is 2. The minimum absolute atomic E-state index is 0.169. The Morgan fingerprint density at radius 3 is 2.95 bits per heavy atom. The molecular weight excluding hydrogens is 270 g/mol. The van der Waals surface area contributed by atoms with E-state index < -0.39 is 0 Å². The topological polar surface area (TPSA) is 69.4 Å². The van der Waals surface area contributed by atoms with Crippen LogP contribution in [0.4, 0.5) is 0 Å². The monoisotopic (exact) mass is 289 g/mol. The van der Waals surface area contributed by atoms with E-state index in [-0.39, 0.29) is 12.0 Å². The maximum atomic E-state index is 5.87. The lowest BCUT2D eigenvalue weighted by Gasteiger charge is -2.24. The Bertz CT molecular complexity index is 599. The van der Waals surface area contributed by atoms with Crippen molar-refractivity contribution in [1.29, 1.82) is 0 Å². The van der Waals surface area contributed by atoms with Crippen molar-refractivity contribution in [3.8, 4) is 11.5 Å². The van der Waals surface area contributed by atoms with E-state index in [1.807, 2.05) is 31.2 Å². The SMILES string of the molecule is CCNCC(C)c1nc(C2COc3ccccc3O2)no1. The molecule has 2 heterocycles. The number of benzene rings is 1. The second-order valence-electron chi connectivity index (χ2n) is 5.06. The van der Waals surface area contributed by atoms with Gasteiger partial charge in [-0.15, -0.1) is 0 Å². The highest BCUT2D eigenvalue weighted by atomic mass is 16.6. The molecule has 21 heavy (non-hydrogen) atoms. The minimum atomic E-state index is -0.330. The van der Waals surface area contributed by atoms with Crippen LogP contribution in [0.25, 0.3) is 0 Å². The number of fused-ring (bicyclic) bond motifs is 1. The van der Waals surface area contributed by atoms with E-state index >= 15 is 0 Å². The Balaban J connectivity index is 1.70. The number of likely N-dealkylation sites (N-methyl/N-ethyl adjacent to an activating group) is 1. The van der Waals surface area contributed by atoms with Crippen molar-refractivity contribution in [2.75, 3.05) is 19.7 Å². The first-order valence-corrected chi connectivity index (χ1v) is 7.20. The van der Waals surface area contributed by atoms with E-state index in [1.165, 1.54) is 0 Å². The summed E-state index contributed by atoms with van der Waals surface area (Å²) >= 11 is 0. The third-order valence-electron chi connectivity index (χ3n) is 3.38. The van der Waals surface area contributed by atoms with Gasteiger partial charge in [0.05, 0.1) is 0 Å². The van der Waals surface area contributed by atoms with Gasteiger partial charge in [0.2, 0.25) is 11.7 Å². The Hall–Kier alpha value is -2.08. The molecule has 1 aliphatic rings. The number of ether oxygens (including phenoxy) is 2. The Morgan fingerprint density at radius 1 is 1.33 bits per heavy atom. The molecule has 2 aromatic rings. The number of nitrogens with one attached hydrogen (secondary N) is 1. The van der Waals surface area contributed by atoms with E-state index in [4.69, 9.17) is 14.0 Å². The lowest BCUT2D eigenvalue weighted by Crippen LogP contribution is -2.23. The van der Waals surface area contributed by atoms with Crippen molar-refractivity contribution in [2.24, 2.45) is 0 Å². The smallest absolute Gasteiger partial charge is 0.230 e. The zero-order valence-electron chi connectivity index (χ0n) is 12.2. The molecule has 1 aromatic carbocycles. The summed E-state index contributed by atoms with van der Waals surface area (Å²) in [5.41, 5.74) is 0. The number of hydrogen-bond donors (Lipinski definition) is 1. The Morgan fingerprint density at radius 2 is 2.14 bits per heavy atom. The number of rotatable bonds is 5. The number of hydrogen-bond acceptors (Lipinski definition) is 6. The molecule has 0 fully saturated rings. The van der Waals surface area contributed by atoms with Crippen molar-refractivity contribution in [3.05, 3.63) is 36.0 Å². The molecule has 2 atom stereocenters. The third-order valence-corrected chi connectivity index (χ3v) is 3.38. The van der Waals surface area contributed by atoms with Crippen LogP contribution < -0.4 is 14.8 Å². The summed E-state index contributed by atoms with van der Waals surface area (Å²) in [6.07, 6.45) is -0.330. The normalized spacial score (nSPS) is 18.5. The maximum Gasteiger partial charge on any atom is 0.230 e. The average Bonchev–Trinajstić information content (AvgIpc) is 3.02. The highest BCUT2D eigenvalue weighted by molar-refractivity contribution is 5.40. The van der Waals surface area contributed by atoms with Gasteiger partial charge in [-0.25, -0.2) is 0 Å². The standard InChI is InChI=1S/C15H19N3O3/c1-3-16-8-10(2)15-17-14(18-21-15)13-9-19-11-6-4-5-7-12(11)20-13/h4-7,10,13,16H,3,8-9H2,1-2H3. The Labute approximate surface area is 123 Å². The van der Waals surface area contributed by atoms with Crippen molar-refractivity contribution in [3.63, 3.8) is 0 Å². The van der Waals surface area contributed by atoms with Gasteiger partial charge in [-0.3, -0.25) is 0 Å². The molecule has 0 saturated carbocycles. The zero-order chi connectivity index (χ0) is 14.7. The van der Waals surface area contributed by atoms with E-state index in [9.17, 15) is 0 Å². The third kappa shape index (κ3) is 3.00. The van der Waals surface area contributed by atoms with Crippen molar-refractivity contribution < 1.29 is 14.0 Å². The first kappa shape index (κ1) is 13.9. The van der Waals surface area contributed by atoms with Crippen LogP contribution in [0.3, 0.4) is 0 Å². The molecule has 6 nitrogen and oxygen atoms in total. The molecule has 3 rings (SSSR count). The van der Waals surface area contributed by atoms with Gasteiger partial charge in [0.1, 0.15) is 6.61 Å². The van der Waals surface area contributed by atoms with Crippen molar-refractivity contribution >= 4 is 0 Å². The highest BCUT2D eigenvalue weighted by Gasteiger charge is 2.27. The fourth-order valence-electron chi connectivity index (χ4n) is 2.17. The molecule has 0 aliphatic carbocycles. The summed E-state index contributed by atoms with van der Waals surface area (Å²) in [7, 11) is 0. The van der Waals surface area contributed by atoms with Crippen molar-refractivity contribution in [2.45, 2.75) is 25.9 Å². The van der Waals surface area contributed by atoms with E-state index in [2.05, 4.69) is 22.4 Å². The zero-order valence-corrected chi connectivity index (χ0v) is 12.2. The molecule has 2 unspecified atom stereocenters. The lowest BCUT2D eigenvalue weighted by molar-refractivity contribution is 0.0832. The van der Waals surface area contributed by atoms with Crippen LogP contribution in [-0.4, -0.2) is 29.8 Å². The summed E-state index contributed by atoms with van der Waals surface area (Å²) in [6.45, 7) is 6.23. The van der Waals surface area contributed by atoms with E-state index in [0.29, 0.717) is 24.1 Å². The molecule has 0 radical (unpaired) electrons. The molecule has 0 spiro atoms.